The number of hydrogen-bond donors (Lipinski definition) is 2. The first-order valence-electron chi connectivity index (χ1n) is 6.08. The lowest BCUT2D eigenvalue weighted by atomic mass is 9.69. The first kappa shape index (κ1) is 10.7. The van der Waals surface area contributed by atoms with E-state index >= 15 is 0 Å². The summed E-state index contributed by atoms with van der Waals surface area (Å²) < 4.78 is 18.6. The van der Waals surface area contributed by atoms with Crippen molar-refractivity contribution in [3.05, 3.63) is 17.9 Å². The molecule has 0 saturated heterocycles. The molecule has 3 rings (SSSR count). The lowest BCUT2D eigenvalue weighted by Gasteiger charge is -2.41. The van der Waals surface area contributed by atoms with Gasteiger partial charge in [-0.25, -0.2) is 4.39 Å². The molecule has 0 radical (unpaired) electrons. The highest BCUT2D eigenvalue weighted by Gasteiger charge is 2.38. The van der Waals surface area contributed by atoms with E-state index in [1.54, 1.807) is 6.07 Å². The van der Waals surface area contributed by atoms with Crippen LogP contribution in [-0.4, -0.2) is 20.2 Å². The summed E-state index contributed by atoms with van der Waals surface area (Å²) in [4.78, 5) is 0. The molecule has 1 fully saturated rings. The predicted molar refractivity (Wildman–Crippen MR) is 66.2 cm³/mol. The minimum Gasteiger partial charge on any atom is -0.494 e. The number of anilines is 2. The van der Waals surface area contributed by atoms with E-state index in [1.807, 2.05) is 0 Å². The highest BCUT2D eigenvalue weighted by molar-refractivity contribution is 5.72. The van der Waals surface area contributed by atoms with Crippen molar-refractivity contribution in [2.45, 2.75) is 19.3 Å². The van der Waals surface area contributed by atoms with Crippen molar-refractivity contribution < 1.29 is 9.13 Å². The summed E-state index contributed by atoms with van der Waals surface area (Å²) in [5.74, 6) is -0.0206. The van der Waals surface area contributed by atoms with E-state index in [4.69, 9.17) is 4.74 Å². The van der Waals surface area contributed by atoms with Crippen molar-refractivity contribution in [2.24, 2.45) is 5.41 Å². The Morgan fingerprint density at radius 1 is 1.18 bits per heavy atom. The number of methoxy groups -OCH3 is 1. The van der Waals surface area contributed by atoms with E-state index in [1.165, 1.54) is 32.4 Å². The molecule has 0 unspecified atom stereocenters. The van der Waals surface area contributed by atoms with Gasteiger partial charge in [-0.1, -0.05) is 6.42 Å². The van der Waals surface area contributed by atoms with Gasteiger partial charge in [0.2, 0.25) is 0 Å². The Morgan fingerprint density at radius 3 is 2.35 bits per heavy atom. The number of fused-ring (bicyclic) bond motifs is 1. The molecule has 92 valence electrons. The largest absolute Gasteiger partial charge is 0.494 e. The van der Waals surface area contributed by atoms with Crippen molar-refractivity contribution in [3.63, 3.8) is 0 Å². The van der Waals surface area contributed by atoms with Crippen LogP contribution < -0.4 is 15.4 Å². The number of nitrogens with one attached hydrogen (secondary N) is 2. The third-order valence-corrected chi connectivity index (χ3v) is 4.01. The zero-order chi connectivity index (χ0) is 11.9. The summed E-state index contributed by atoms with van der Waals surface area (Å²) in [5, 5.41) is 6.76. The van der Waals surface area contributed by atoms with Crippen LogP contribution in [0.2, 0.25) is 0 Å². The van der Waals surface area contributed by atoms with Gasteiger partial charge >= 0.3 is 0 Å². The fraction of sp³-hybridized carbons (Fsp3) is 0.538. The molecule has 3 nitrogen and oxygen atoms in total. The second kappa shape index (κ2) is 3.79. The van der Waals surface area contributed by atoms with Crippen LogP contribution in [0, 0.1) is 11.2 Å². The summed E-state index contributed by atoms with van der Waals surface area (Å²) in [6, 6.07) is 3.24. The highest BCUT2D eigenvalue weighted by atomic mass is 19.1. The van der Waals surface area contributed by atoms with Gasteiger partial charge in [0.1, 0.15) is 0 Å². The standard InChI is InChI=1S/C13H17FN2O/c1-17-12-6-11-10(5-9(12)14)15-7-13(8-16-11)3-2-4-13/h5-6,15-16H,2-4,7-8H2,1H3. The molecule has 1 saturated carbocycles. The van der Waals surface area contributed by atoms with Gasteiger partial charge in [0.05, 0.1) is 18.5 Å². The van der Waals surface area contributed by atoms with Crippen molar-refractivity contribution in [3.8, 4) is 5.75 Å². The Balaban J connectivity index is 1.90. The number of halogens is 1. The minimum absolute atomic E-state index is 0.294. The zero-order valence-electron chi connectivity index (χ0n) is 9.98. The molecule has 1 spiro atoms. The number of hydrogen-bond acceptors (Lipinski definition) is 3. The Morgan fingerprint density at radius 2 is 1.82 bits per heavy atom. The minimum atomic E-state index is -0.315. The fourth-order valence-electron chi connectivity index (χ4n) is 2.66. The smallest absolute Gasteiger partial charge is 0.167 e. The molecular formula is C13H17FN2O. The van der Waals surface area contributed by atoms with E-state index in [2.05, 4.69) is 10.6 Å². The van der Waals surface area contributed by atoms with Gasteiger partial charge in [-0.05, 0) is 12.8 Å². The number of ether oxygens (including phenoxy) is 1. The van der Waals surface area contributed by atoms with Crippen LogP contribution in [0.4, 0.5) is 15.8 Å². The van der Waals surface area contributed by atoms with Crippen LogP contribution in [0.3, 0.4) is 0 Å². The van der Waals surface area contributed by atoms with Gasteiger partial charge in [0.25, 0.3) is 0 Å². The molecule has 1 aromatic carbocycles. The molecule has 17 heavy (non-hydrogen) atoms. The zero-order valence-corrected chi connectivity index (χ0v) is 9.98. The Bertz CT molecular complexity index is 443. The summed E-state index contributed by atoms with van der Waals surface area (Å²) in [6.45, 7) is 1.89. The lowest BCUT2D eigenvalue weighted by Crippen LogP contribution is -2.40. The topological polar surface area (TPSA) is 33.3 Å². The van der Waals surface area contributed by atoms with Crippen LogP contribution in [0.5, 0.6) is 5.75 Å². The average Bonchev–Trinajstić information content (AvgIpc) is 2.47. The highest BCUT2D eigenvalue weighted by Crippen LogP contribution is 2.44. The van der Waals surface area contributed by atoms with Crippen molar-refractivity contribution in [1.29, 1.82) is 0 Å². The third-order valence-electron chi connectivity index (χ3n) is 4.01. The summed E-state index contributed by atoms with van der Waals surface area (Å²) in [5.41, 5.74) is 2.14. The van der Waals surface area contributed by atoms with Gasteiger partial charge in [-0.2, -0.15) is 0 Å². The summed E-state index contributed by atoms with van der Waals surface area (Å²) >= 11 is 0. The van der Waals surface area contributed by atoms with Crippen molar-refractivity contribution in [1.82, 2.24) is 0 Å². The SMILES string of the molecule is COc1cc2c(cc1F)NCC1(CCC1)CN2. The van der Waals surface area contributed by atoms with E-state index in [-0.39, 0.29) is 5.82 Å². The number of benzene rings is 1. The van der Waals surface area contributed by atoms with Crippen LogP contribution in [0.25, 0.3) is 0 Å². The monoisotopic (exact) mass is 236 g/mol. The normalized spacial score (nSPS) is 20.6. The van der Waals surface area contributed by atoms with E-state index in [9.17, 15) is 4.39 Å². The Kier molecular flexibility index (Phi) is 2.38. The molecular weight excluding hydrogens is 219 g/mol. The van der Waals surface area contributed by atoms with Gasteiger partial charge in [0, 0.05) is 30.6 Å². The lowest BCUT2D eigenvalue weighted by molar-refractivity contribution is 0.171. The van der Waals surface area contributed by atoms with Gasteiger partial charge in [-0.15, -0.1) is 0 Å². The molecule has 1 aliphatic heterocycles. The summed E-state index contributed by atoms with van der Waals surface area (Å²) in [7, 11) is 1.49. The molecule has 2 N–H and O–H groups in total. The molecule has 0 atom stereocenters. The van der Waals surface area contributed by atoms with Crippen molar-refractivity contribution in [2.75, 3.05) is 30.8 Å². The van der Waals surface area contributed by atoms with Gasteiger partial charge < -0.3 is 15.4 Å². The molecule has 1 aromatic rings. The second-order valence-electron chi connectivity index (χ2n) is 5.09. The van der Waals surface area contributed by atoms with Crippen LogP contribution in [0.1, 0.15) is 19.3 Å². The Labute approximate surface area is 100 Å². The van der Waals surface area contributed by atoms with E-state index in [0.717, 1.165) is 24.5 Å². The van der Waals surface area contributed by atoms with Gasteiger partial charge in [-0.3, -0.25) is 0 Å². The van der Waals surface area contributed by atoms with Crippen LogP contribution in [0.15, 0.2) is 12.1 Å². The quantitative estimate of drug-likeness (QED) is 0.786. The molecule has 0 amide bonds. The molecule has 0 aromatic heterocycles. The molecule has 1 aliphatic carbocycles. The maximum absolute atomic E-state index is 13.6. The third kappa shape index (κ3) is 1.72. The van der Waals surface area contributed by atoms with E-state index < -0.39 is 0 Å². The molecule has 1 heterocycles. The summed E-state index contributed by atoms with van der Waals surface area (Å²) in [6.07, 6.45) is 3.80. The molecule has 4 heteroatoms. The van der Waals surface area contributed by atoms with Crippen LogP contribution >= 0.6 is 0 Å². The Hall–Kier alpha value is -1.45. The molecule has 2 aliphatic rings. The maximum Gasteiger partial charge on any atom is 0.167 e. The molecule has 0 bridgehead atoms. The maximum atomic E-state index is 13.6. The first-order chi connectivity index (χ1) is 8.22. The van der Waals surface area contributed by atoms with Crippen molar-refractivity contribution >= 4 is 11.4 Å². The van der Waals surface area contributed by atoms with Gasteiger partial charge in [0.15, 0.2) is 11.6 Å². The predicted octanol–water partition coefficient (Wildman–Crippen LogP) is 2.84. The van der Waals surface area contributed by atoms with E-state index in [0.29, 0.717) is 11.2 Å². The average molecular weight is 236 g/mol. The first-order valence-corrected chi connectivity index (χ1v) is 6.08. The van der Waals surface area contributed by atoms with Crippen LogP contribution in [-0.2, 0) is 0 Å². The second-order valence-corrected chi connectivity index (χ2v) is 5.09. The fourth-order valence-corrected chi connectivity index (χ4v) is 2.66. The number of rotatable bonds is 1.